The average molecular weight is 362 g/mol. The smallest absolute Gasteiger partial charge is 0.313 e. The van der Waals surface area contributed by atoms with Crippen molar-refractivity contribution in [1.82, 2.24) is 10.3 Å². The van der Waals surface area contributed by atoms with Crippen molar-refractivity contribution >= 4 is 11.9 Å². The highest BCUT2D eigenvalue weighted by atomic mass is 16.5. The third kappa shape index (κ3) is 3.37. The summed E-state index contributed by atoms with van der Waals surface area (Å²) >= 11 is 0. The van der Waals surface area contributed by atoms with Crippen LogP contribution in [0.1, 0.15) is 34.5 Å². The van der Waals surface area contributed by atoms with Crippen molar-refractivity contribution in [2.45, 2.75) is 25.8 Å². The number of hydrogen-bond acceptors (Lipinski definition) is 4. The van der Waals surface area contributed by atoms with Gasteiger partial charge in [-0.3, -0.25) is 14.6 Å². The van der Waals surface area contributed by atoms with Crippen LogP contribution in [0.15, 0.2) is 60.8 Å². The van der Waals surface area contributed by atoms with E-state index in [0.29, 0.717) is 31.6 Å². The Bertz CT molecular complexity index is 876. The van der Waals surface area contributed by atoms with Crippen molar-refractivity contribution in [1.29, 1.82) is 0 Å². The molecule has 1 amide bonds. The molecule has 1 aliphatic heterocycles. The number of fused-ring (bicyclic) bond motifs is 1. The van der Waals surface area contributed by atoms with E-state index >= 15 is 0 Å². The zero-order valence-corrected chi connectivity index (χ0v) is 15.1. The zero-order chi connectivity index (χ0) is 18.9. The first-order valence-corrected chi connectivity index (χ1v) is 9.18. The van der Waals surface area contributed by atoms with Crippen molar-refractivity contribution in [3.8, 4) is 0 Å². The van der Waals surface area contributed by atoms with Gasteiger partial charge in [0.15, 0.2) is 0 Å². The molecule has 1 aromatic carbocycles. The van der Waals surface area contributed by atoms with Gasteiger partial charge in [0.2, 0.25) is 0 Å². The largest absolute Gasteiger partial charge is 0.465 e. The van der Waals surface area contributed by atoms with Crippen molar-refractivity contribution < 1.29 is 14.3 Å². The summed E-state index contributed by atoms with van der Waals surface area (Å²) in [4.78, 5) is 28.9. The highest BCUT2D eigenvalue weighted by Gasteiger charge is 2.55. The van der Waals surface area contributed by atoms with Crippen LogP contribution in [0.2, 0.25) is 0 Å². The Morgan fingerprint density at radius 2 is 2.07 bits per heavy atom. The first kappa shape index (κ1) is 17.5. The van der Waals surface area contributed by atoms with Crippen molar-refractivity contribution in [3.05, 3.63) is 77.6 Å². The van der Waals surface area contributed by atoms with Gasteiger partial charge >= 0.3 is 5.97 Å². The molecule has 5 heteroatoms. The molecular formula is C22H22N2O3. The number of esters is 1. The van der Waals surface area contributed by atoms with E-state index in [4.69, 9.17) is 4.74 Å². The minimum Gasteiger partial charge on any atom is -0.465 e. The van der Waals surface area contributed by atoms with E-state index in [1.54, 1.807) is 18.3 Å². The van der Waals surface area contributed by atoms with Crippen LogP contribution in [0, 0.1) is 11.3 Å². The average Bonchev–Trinajstić information content (AvgIpc) is 3.15. The Morgan fingerprint density at radius 1 is 1.26 bits per heavy atom. The highest BCUT2D eigenvalue weighted by molar-refractivity contribution is 5.94. The zero-order valence-electron chi connectivity index (χ0n) is 15.1. The molecule has 0 bridgehead atoms. The number of benzene rings is 1. The molecular weight excluding hydrogens is 340 g/mol. The van der Waals surface area contributed by atoms with Gasteiger partial charge in [0.25, 0.3) is 5.91 Å². The Labute approximate surface area is 158 Å². The molecule has 4 rings (SSSR count). The molecule has 2 fully saturated rings. The molecule has 138 valence electrons. The van der Waals surface area contributed by atoms with Gasteiger partial charge in [0.1, 0.15) is 0 Å². The minimum atomic E-state index is -0.472. The predicted molar refractivity (Wildman–Crippen MR) is 101 cm³/mol. The molecule has 2 aromatic rings. The highest BCUT2D eigenvalue weighted by Crippen LogP contribution is 2.52. The monoisotopic (exact) mass is 362 g/mol. The van der Waals surface area contributed by atoms with Crippen LogP contribution in [0.4, 0.5) is 0 Å². The Hall–Kier alpha value is -2.95. The second kappa shape index (κ2) is 6.99. The summed E-state index contributed by atoms with van der Waals surface area (Å²) in [5, 5.41) is 2.87. The number of amides is 1. The molecule has 2 aliphatic rings. The number of aromatic nitrogens is 1. The fraction of sp³-hybridized carbons (Fsp3) is 0.318. The van der Waals surface area contributed by atoms with Crippen LogP contribution in [0.25, 0.3) is 0 Å². The number of rotatable bonds is 5. The maximum absolute atomic E-state index is 12.4. The molecule has 0 spiro atoms. The number of ether oxygens (including phenoxy) is 1. The van der Waals surface area contributed by atoms with Gasteiger partial charge in [-0.1, -0.05) is 30.4 Å². The van der Waals surface area contributed by atoms with E-state index in [1.807, 2.05) is 30.3 Å². The summed E-state index contributed by atoms with van der Waals surface area (Å²) in [5.41, 5.74) is 3.10. The van der Waals surface area contributed by atoms with E-state index in [-0.39, 0.29) is 17.8 Å². The maximum Gasteiger partial charge on any atom is 0.313 e. The minimum absolute atomic E-state index is 0.108. The van der Waals surface area contributed by atoms with Crippen molar-refractivity contribution in [2.24, 2.45) is 11.3 Å². The molecule has 1 aromatic heterocycles. The SMILES string of the molecule is C=C1CC2COC(=O)C2(Cc2ccc(C(=O)NCc3ccccn3)cc2)C1. The predicted octanol–water partition coefficient (Wildman–Crippen LogP) is 3.06. The second-order valence-corrected chi connectivity index (χ2v) is 7.46. The summed E-state index contributed by atoms with van der Waals surface area (Å²) in [6.07, 6.45) is 3.89. The third-order valence-corrected chi connectivity index (χ3v) is 5.60. The number of carbonyl (C=O) groups excluding carboxylic acids is 2. The normalized spacial score (nSPS) is 23.8. The third-order valence-electron chi connectivity index (χ3n) is 5.60. The molecule has 2 heterocycles. The van der Waals surface area contributed by atoms with Gasteiger partial charge < -0.3 is 10.1 Å². The summed E-state index contributed by atoms with van der Waals surface area (Å²) < 4.78 is 5.33. The van der Waals surface area contributed by atoms with Gasteiger partial charge in [-0.2, -0.15) is 0 Å². The van der Waals surface area contributed by atoms with Gasteiger partial charge in [0, 0.05) is 17.7 Å². The van der Waals surface area contributed by atoms with Gasteiger partial charge in [0.05, 0.1) is 24.3 Å². The lowest BCUT2D eigenvalue weighted by atomic mass is 9.75. The number of pyridine rings is 1. The van der Waals surface area contributed by atoms with Crippen molar-refractivity contribution in [2.75, 3.05) is 6.61 Å². The standard InChI is InChI=1S/C22H22N2O3/c1-15-10-18-14-27-21(26)22(18,11-15)12-16-5-7-17(8-6-16)20(25)24-13-19-4-2-3-9-23-19/h2-9,18H,1,10-14H2,(H,24,25). The number of allylic oxidation sites excluding steroid dienone is 1. The van der Waals surface area contributed by atoms with Crippen LogP contribution in [0.5, 0.6) is 0 Å². The first-order valence-electron chi connectivity index (χ1n) is 9.18. The number of hydrogen-bond donors (Lipinski definition) is 1. The molecule has 1 aliphatic carbocycles. The summed E-state index contributed by atoms with van der Waals surface area (Å²) in [6.45, 7) is 4.96. The molecule has 2 unspecified atom stereocenters. The van der Waals surface area contributed by atoms with Gasteiger partial charge in [-0.15, -0.1) is 0 Å². The van der Waals surface area contributed by atoms with Crippen molar-refractivity contribution in [3.63, 3.8) is 0 Å². The van der Waals surface area contributed by atoms with E-state index in [0.717, 1.165) is 23.3 Å². The Kier molecular flexibility index (Phi) is 4.52. The van der Waals surface area contributed by atoms with Crippen LogP contribution in [0.3, 0.4) is 0 Å². The molecule has 1 saturated heterocycles. The lowest BCUT2D eigenvalue weighted by molar-refractivity contribution is -0.146. The van der Waals surface area contributed by atoms with Crippen LogP contribution in [-0.4, -0.2) is 23.5 Å². The molecule has 1 N–H and O–H groups in total. The Morgan fingerprint density at radius 3 is 2.81 bits per heavy atom. The molecule has 27 heavy (non-hydrogen) atoms. The van der Waals surface area contributed by atoms with E-state index < -0.39 is 5.41 Å². The molecule has 5 nitrogen and oxygen atoms in total. The summed E-state index contributed by atoms with van der Waals surface area (Å²) in [7, 11) is 0. The molecule has 2 atom stereocenters. The summed E-state index contributed by atoms with van der Waals surface area (Å²) in [6, 6.07) is 13.1. The molecule has 0 radical (unpaired) electrons. The van der Waals surface area contributed by atoms with E-state index in [1.165, 1.54) is 0 Å². The lowest BCUT2D eigenvalue weighted by Crippen LogP contribution is -2.31. The van der Waals surface area contributed by atoms with Crippen LogP contribution >= 0.6 is 0 Å². The number of nitrogens with one attached hydrogen (secondary N) is 1. The second-order valence-electron chi connectivity index (χ2n) is 7.46. The van der Waals surface area contributed by atoms with E-state index in [2.05, 4.69) is 16.9 Å². The lowest BCUT2D eigenvalue weighted by Gasteiger charge is -2.24. The summed E-state index contributed by atoms with van der Waals surface area (Å²) in [5.74, 6) is -0.0278. The molecule has 1 saturated carbocycles. The van der Waals surface area contributed by atoms with Crippen LogP contribution in [-0.2, 0) is 22.5 Å². The fourth-order valence-electron chi connectivity index (χ4n) is 4.18. The quantitative estimate of drug-likeness (QED) is 0.656. The maximum atomic E-state index is 12.4. The number of carbonyl (C=O) groups is 2. The number of cyclic esters (lactones) is 1. The number of nitrogens with zero attached hydrogens (tertiary/aromatic N) is 1. The van der Waals surface area contributed by atoms with E-state index in [9.17, 15) is 9.59 Å². The first-order chi connectivity index (χ1) is 13.1. The van der Waals surface area contributed by atoms with Gasteiger partial charge in [-0.05, 0) is 49.1 Å². The topological polar surface area (TPSA) is 68.3 Å². The fourth-order valence-corrected chi connectivity index (χ4v) is 4.18. The Balaban J connectivity index is 1.42. The van der Waals surface area contributed by atoms with Crippen LogP contribution < -0.4 is 5.32 Å². The van der Waals surface area contributed by atoms with Gasteiger partial charge in [-0.25, -0.2) is 0 Å².